The van der Waals surface area contributed by atoms with Gasteiger partial charge in [0.2, 0.25) is 0 Å². The van der Waals surface area contributed by atoms with Gasteiger partial charge in [0.15, 0.2) is 23.2 Å². The first kappa shape index (κ1) is 20.0. The molecule has 0 aromatic heterocycles. The van der Waals surface area contributed by atoms with Gasteiger partial charge in [-0.25, -0.2) is 0 Å². The lowest BCUT2D eigenvalue weighted by Gasteiger charge is -2.19. The van der Waals surface area contributed by atoms with Gasteiger partial charge in [-0.2, -0.15) is 0 Å². The maximum absolute atomic E-state index is 12.0. The fourth-order valence-electron chi connectivity index (χ4n) is 2.58. The molecule has 3 rings (SSSR count). The summed E-state index contributed by atoms with van der Waals surface area (Å²) in [6.45, 7) is 4.63. The third-order valence-electron chi connectivity index (χ3n) is 3.90. The molecule has 148 valence electrons. The Hall–Kier alpha value is -2.71. The molecular formula is C19H20ClN3O4S. The Kier molecular flexibility index (Phi) is 6.43. The van der Waals surface area contributed by atoms with Crippen molar-refractivity contribution < 1.29 is 19.0 Å². The number of ether oxygens (including phenoxy) is 3. The van der Waals surface area contributed by atoms with Crippen LogP contribution in [-0.4, -0.2) is 30.8 Å². The smallest absolute Gasteiger partial charge is 0.276 e. The predicted octanol–water partition coefficient (Wildman–Crippen LogP) is 3.12. The number of nitrogens with one attached hydrogen (secondary N) is 3. The second-order valence-corrected chi connectivity index (χ2v) is 6.93. The van der Waals surface area contributed by atoms with E-state index < -0.39 is 0 Å². The molecule has 2 aromatic rings. The number of hydrogen-bond donors (Lipinski definition) is 3. The normalized spacial score (nSPS) is 12.1. The Morgan fingerprint density at radius 2 is 1.79 bits per heavy atom. The summed E-state index contributed by atoms with van der Waals surface area (Å²) in [5, 5.41) is 3.87. The van der Waals surface area contributed by atoms with Crippen molar-refractivity contribution in [1.82, 2.24) is 10.9 Å². The Morgan fingerprint density at radius 1 is 1.11 bits per heavy atom. The van der Waals surface area contributed by atoms with Crippen LogP contribution in [0.1, 0.15) is 11.1 Å². The number of halogens is 1. The van der Waals surface area contributed by atoms with Crippen molar-refractivity contribution in [2.75, 3.05) is 25.1 Å². The van der Waals surface area contributed by atoms with Crippen LogP contribution in [0.3, 0.4) is 0 Å². The summed E-state index contributed by atoms with van der Waals surface area (Å²) in [7, 11) is 0. The molecule has 9 heteroatoms. The predicted molar refractivity (Wildman–Crippen MR) is 111 cm³/mol. The molecule has 0 atom stereocenters. The third-order valence-corrected chi connectivity index (χ3v) is 4.70. The summed E-state index contributed by atoms with van der Waals surface area (Å²) >= 11 is 11.3. The average molecular weight is 422 g/mol. The van der Waals surface area contributed by atoms with Crippen molar-refractivity contribution in [3.05, 3.63) is 46.5 Å². The van der Waals surface area contributed by atoms with Crippen LogP contribution in [0.25, 0.3) is 0 Å². The lowest BCUT2D eigenvalue weighted by molar-refractivity contribution is -0.123. The van der Waals surface area contributed by atoms with Crippen LogP contribution in [0.4, 0.5) is 5.69 Å². The average Bonchev–Trinajstić information content (AvgIpc) is 2.68. The van der Waals surface area contributed by atoms with Gasteiger partial charge in [-0.05, 0) is 61.5 Å². The summed E-state index contributed by atoms with van der Waals surface area (Å²) < 4.78 is 16.5. The standard InChI is InChI=1S/C19H20ClN3O4S/c1-11-7-14(8-12(2)18(11)20)27-10-17(24)22-23-19(28)21-13-3-4-15-16(9-13)26-6-5-25-15/h3-4,7-9H,5-6,10H2,1-2H3,(H,22,24)(H2,21,23,28). The molecule has 1 heterocycles. The SMILES string of the molecule is Cc1cc(OCC(=O)NNC(=S)Nc2ccc3c(c2)OCCO3)cc(C)c1Cl. The minimum Gasteiger partial charge on any atom is -0.486 e. The lowest BCUT2D eigenvalue weighted by atomic mass is 10.1. The van der Waals surface area contributed by atoms with E-state index in [0.29, 0.717) is 41.2 Å². The molecular weight excluding hydrogens is 402 g/mol. The van der Waals surface area contributed by atoms with Crippen molar-refractivity contribution in [2.24, 2.45) is 0 Å². The van der Waals surface area contributed by atoms with E-state index in [1.165, 1.54) is 0 Å². The van der Waals surface area contributed by atoms with Gasteiger partial charge in [-0.3, -0.25) is 15.6 Å². The Bertz CT molecular complexity index is 884. The van der Waals surface area contributed by atoms with Crippen LogP contribution >= 0.6 is 23.8 Å². The first-order valence-electron chi connectivity index (χ1n) is 8.57. The maximum Gasteiger partial charge on any atom is 0.276 e. The van der Waals surface area contributed by atoms with E-state index in [1.807, 2.05) is 13.8 Å². The number of benzene rings is 2. The highest BCUT2D eigenvalue weighted by Gasteiger charge is 2.12. The van der Waals surface area contributed by atoms with Gasteiger partial charge < -0.3 is 19.5 Å². The number of thiocarbonyl (C=S) groups is 1. The fraction of sp³-hybridized carbons (Fsp3) is 0.263. The highest BCUT2D eigenvalue weighted by atomic mass is 35.5. The van der Waals surface area contributed by atoms with Crippen molar-refractivity contribution in [2.45, 2.75) is 13.8 Å². The topological polar surface area (TPSA) is 80.9 Å². The van der Waals surface area contributed by atoms with E-state index in [4.69, 9.17) is 38.0 Å². The van der Waals surface area contributed by atoms with Gasteiger partial charge in [0.05, 0.1) is 0 Å². The largest absolute Gasteiger partial charge is 0.486 e. The van der Waals surface area contributed by atoms with Gasteiger partial charge in [0.25, 0.3) is 5.91 Å². The quantitative estimate of drug-likeness (QED) is 0.517. The van der Waals surface area contributed by atoms with Crippen molar-refractivity contribution in [1.29, 1.82) is 0 Å². The summed E-state index contributed by atoms with van der Waals surface area (Å²) in [6.07, 6.45) is 0. The van der Waals surface area contributed by atoms with Crippen LogP contribution in [0.15, 0.2) is 30.3 Å². The van der Waals surface area contributed by atoms with Gasteiger partial charge in [0, 0.05) is 16.8 Å². The van der Waals surface area contributed by atoms with E-state index in [2.05, 4.69) is 16.2 Å². The minimum absolute atomic E-state index is 0.167. The molecule has 0 unspecified atom stereocenters. The van der Waals surface area contributed by atoms with Crippen LogP contribution in [-0.2, 0) is 4.79 Å². The maximum atomic E-state index is 12.0. The molecule has 0 radical (unpaired) electrons. The molecule has 3 N–H and O–H groups in total. The number of anilines is 1. The third kappa shape index (κ3) is 5.17. The van der Waals surface area contributed by atoms with Crippen LogP contribution in [0.2, 0.25) is 5.02 Å². The molecule has 2 aromatic carbocycles. The summed E-state index contributed by atoms with van der Waals surface area (Å²) in [5.41, 5.74) is 7.59. The van der Waals surface area contributed by atoms with Crippen LogP contribution in [0.5, 0.6) is 17.2 Å². The highest BCUT2D eigenvalue weighted by molar-refractivity contribution is 7.80. The van der Waals surface area contributed by atoms with Crippen molar-refractivity contribution >= 4 is 40.5 Å². The van der Waals surface area contributed by atoms with E-state index in [-0.39, 0.29) is 17.6 Å². The van der Waals surface area contributed by atoms with E-state index >= 15 is 0 Å². The molecule has 1 amide bonds. The number of amides is 1. The summed E-state index contributed by atoms with van der Waals surface area (Å²) in [4.78, 5) is 12.0. The minimum atomic E-state index is -0.378. The first-order chi connectivity index (χ1) is 13.4. The zero-order chi connectivity index (χ0) is 20.1. The fourth-order valence-corrected chi connectivity index (χ4v) is 2.86. The molecule has 1 aliphatic heterocycles. The summed E-state index contributed by atoms with van der Waals surface area (Å²) in [6, 6.07) is 8.94. The number of carbonyl (C=O) groups excluding carboxylic acids is 1. The Labute approximate surface area is 173 Å². The molecule has 0 fully saturated rings. The first-order valence-corrected chi connectivity index (χ1v) is 9.36. The van der Waals surface area contributed by atoms with Gasteiger partial charge in [-0.15, -0.1) is 0 Å². The number of hydrogen-bond acceptors (Lipinski definition) is 5. The van der Waals surface area contributed by atoms with Gasteiger partial charge >= 0.3 is 0 Å². The second-order valence-electron chi connectivity index (χ2n) is 6.15. The van der Waals surface area contributed by atoms with E-state index in [9.17, 15) is 4.79 Å². The van der Waals surface area contributed by atoms with Gasteiger partial charge in [-0.1, -0.05) is 11.6 Å². The van der Waals surface area contributed by atoms with Crippen molar-refractivity contribution in [3.8, 4) is 17.2 Å². The van der Waals surface area contributed by atoms with Crippen molar-refractivity contribution in [3.63, 3.8) is 0 Å². The van der Waals surface area contributed by atoms with Gasteiger partial charge in [0.1, 0.15) is 19.0 Å². The lowest BCUT2D eigenvalue weighted by Crippen LogP contribution is -2.45. The number of rotatable bonds is 4. The molecule has 28 heavy (non-hydrogen) atoms. The Balaban J connectivity index is 1.45. The summed E-state index contributed by atoms with van der Waals surface area (Å²) in [5.74, 6) is 1.53. The molecule has 7 nitrogen and oxygen atoms in total. The number of hydrazine groups is 1. The number of carbonyl (C=O) groups is 1. The molecule has 0 bridgehead atoms. The zero-order valence-electron chi connectivity index (χ0n) is 15.4. The monoisotopic (exact) mass is 421 g/mol. The highest BCUT2D eigenvalue weighted by Crippen LogP contribution is 2.32. The number of fused-ring (bicyclic) bond motifs is 1. The van der Waals surface area contributed by atoms with Crippen LogP contribution < -0.4 is 30.4 Å². The molecule has 0 spiro atoms. The number of aryl methyl sites for hydroxylation is 2. The molecule has 1 aliphatic rings. The molecule has 0 saturated carbocycles. The second kappa shape index (κ2) is 8.99. The van der Waals surface area contributed by atoms with E-state index in [1.54, 1.807) is 30.3 Å². The van der Waals surface area contributed by atoms with Crippen LogP contribution in [0, 0.1) is 13.8 Å². The molecule has 0 saturated heterocycles. The molecule has 0 aliphatic carbocycles. The van der Waals surface area contributed by atoms with E-state index in [0.717, 1.165) is 11.1 Å². The Morgan fingerprint density at radius 3 is 2.50 bits per heavy atom. The zero-order valence-corrected chi connectivity index (χ0v) is 17.0.